The van der Waals surface area contributed by atoms with Gasteiger partial charge in [0.15, 0.2) is 0 Å². The van der Waals surface area contributed by atoms with Gasteiger partial charge in [-0.15, -0.1) is 0 Å². The number of aromatic nitrogens is 2. The Bertz CT molecular complexity index is 669. The van der Waals surface area contributed by atoms with Crippen LogP contribution >= 0.6 is 15.9 Å². The molecule has 1 fully saturated rings. The summed E-state index contributed by atoms with van der Waals surface area (Å²) < 4.78 is 6.49. The van der Waals surface area contributed by atoms with Gasteiger partial charge >= 0.3 is 0 Å². The first-order valence-electron chi connectivity index (χ1n) is 8.08. The smallest absolute Gasteiger partial charge is 0.249 e. The van der Waals surface area contributed by atoms with Crippen molar-refractivity contribution in [1.29, 1.82) is 0 Å². The van der Waals surface area contributed by atoms with Crippen molar-refractivity contribution in [2.75, 3.05) is 6.54 Å². The number of halogens is 1. The summed E-state index contributed by atoms with van der Waals surface area (Å²) in [4.78, 5) is 18.8. The predicted octanol–water partition coefficient (Wildman–Crippen LogP) is 4.35. The predicted molar refractivity (Wildman–Crippen MR) is 90.6 cm³/mol. The van der Waals surface area contributed by atoms with Gasteiger partial charge in [0, 0.05) is 23.0 Å². The van der Waals surface area contributed by atoms with Crippen LogP contribution in [0.5, 0.6) is 0 Å². The lowest BCUT2D eigenvalue weighted by atomic mass is 10.0. The Labute approximate surface area is 144 Å². The minimum absolute atomic E-state index is 0.0838. The Morgan fingerprint density at radius 3 is 2.87 bits per heavy atom. The molecule has 122 valence electrons. The zero-order valence-corrected chi connectivity index (χ0v) is 14.8. The average molecular weight is 378 g/mol. The van der Waals surface area contributed by atoms with E-state index in [4.69, 9.17) is 4.52 Å². The van der Waals surface area contributed by atoms with Crippen LogP contribution in [0.25, 0.3) is 11.4 Å². The number of hydrogen-bond acceptors (Lipinski definition) is 4. The summed E-state index contributed by atoms with van der Waals surface area (Å²) >= 11 is 3.42. The third-order valence-corrected chi connectivity index (χ3v) is 4.64. The lowest BCUT2D eigenvalue weighted by Crippen LogP contribution is -2.38. The molecule has 1 saturated heterocycles. The zero-order chi connectivity index (χ0) is 16.2. The van der Waals surface area contributed by atoms with Crippen molar-refractivity contribution in [3.05, 3.63) is 34.6 Å². The molecule has 3 rings (SSSR count). The van der Waals surface area contributed by atoms with E-state index < -0.39 is 0 Å². The number of benzene rings is 1. The normalized spacial score (nSPS) is 18.2. The molecule has 1 atom stereocenters. The van der Waals surface area contributed by atoms with Gasteiger partial charge in [-0.05, 0) is 49.9 Å². The van der Waals surface area contributed by atoms with Gasteiger partial charge in [-0.1, -0.05) is 28.0 Å². The van der Waals surface area contributed by atoms with Crippen LogP contribution in [-0.4, -0.2) is 27.5 Å². The number of nitrogens with zero attached hydrogens (tertiary/aromatic N) is 3. The van der Waals surface area contributed by atoms with E-state index in [2.05, 4.69) is 26.1 Å². The van der Waals surface area contributed by atoms with E-state index in [1.54, 1.807) is 0 Å². The van der Waals surface area contributed by atoms with Crippen molar-refractivity contribution < 1.29 is 9.32 Å². The fourth-order valence-corrected chi connectivity index (χ4v) is 3.20. The number of carbonyl (C=O) groups excluding carboxylic acids is 1. The molecule has 1 aromatic heterocycles. The number of likely N-dealkylation sites (tertiary alicyclic amines) is 1. The van der Waals surface area contributed by atoms with Crippen molar-refractivity contribution in [1.82, 2.24) is 15.0 Å². The molecule has 1 aliphatic heterocycles. The van der Waals surface area contributed by atoms with Gasteiger partial charge in [0.1, 0.15) is 6.04 Å². The second-order valence-corrected chi connectivity index (χ2v) is 6.73. The first kappa shape index (κ1) is 16.2. The Balaban J connectivity index is 1.82. The number of amides is 1. The molecule has 2 aromatic rings. The largest absolute Gasteiger partial charge is 0.337 e. The highest BCUT2D eigenvalue weighted by molar-refractivity contribution is 9.10. The summed E-state index contributed by atoms with van der Waals surface area (Å²) in [6.07, 6.45) is 4.44. The molecule has 0 aliphatic carbocycles. The molecule has 5 nitrogen and oxygen atoms in total. The van der Waals surface area contributed by atoms with Crippen LogP contribution in [0.15, 0.2) is 33.3 Å². The van der Waals surface area contributed by atoms with E-state index in [-0.39, 0.29) is 11.9 Å². The van der Waals surface area contributed by atoms with Crippen LogP contribution < -0.4 is 0 Å². The van der Waals surface area contributed by atoms with Gasteiger partial charge in [0.05, 0.1) is 0 Å². The van der Waals surface area contributed by atoms with Gasteiger partial charge in [-0.2, -0.15) is 4.98 Å². The molecular formula is C17H20BrN3O2. The van der Waals surface area contributed by atoms with Crippen molar-refractivity contribution in [3.8, 4) is 11.4 Å². The van der Waals surface area contributed by atoms with Gasteiger partial charge < -0.3 is 9.42 Å². The molecule has 1 aliphatic rings. The first-order chi connectivity index (χ1) is 11.2. The Kier molecular flexibility index (Phi) is 5.10. The third kappa shape index (κ3) is 3.63. The second kappa shape index (κ2) is 7.25. The molecule has 0 spiro atoms. The van der Waals surface area contributed by atoms with E-state index in [1.165, 1.54) is 0 Å². The summed E-state index contributed by atoms with van der Waals surface area (Å²) in [6.45, 7) is 2.80. The SMILES string of the molecule is CCCC(=O)N1CCCC[C@@H]1c1nc(-c2ccc(Br)cc2)no1. The summed E-state index contributed by atoms with van der Waals surface area (Å²) in [6, 6.07) is 7.70. The molecule has 0 radical (unpaired) electrons. The van der Waals surface area contributed by atoms with E-state index in [0.29, 0.717) is 18.1 Å². The molecule has 0 bridgehead atoms. The van der Waals surface area contributed by atoms with E-state index >= 15 is 0 Å². The topological polar surface area (TPSA) is 59.2 Å². The molecule has 2 heterocycles. The number of piperidine rings is 1. The fraction of sp³-hybridized carbons (Fsp3) is 0.471. The Hall–Kier alpha value is -1.69. The van der Waals surface area contributed by atoms with Crippen LogP contribution in [0.4, 0.5) is 0 Å². The van der Waals surface area contributed by atoms with Gasteiger partial charge in [0.2, 0.25) is 17.6 Å². The zero-order valence-electron chi connectivity index (χ0n) is 13.2. The van der Waals surface area contributed by atoms with Crippen LogP contribution in [-0.2, 0) is 4.79 Å². The molecular weight excluding hydrogens is 358 g/mol. The fourth-order valence-electron chi connectivity index (χ4n) is 2.93. The molecule has 0 unspecified atom stereocenters. The second-order valence-electron chi connectivity index (χ2n) is 5.81. The van der Waals surface area contributed by atoms with Crippen LogP contribution in [0.3, 0.4) is 0 Å². The van der Waals surface area contributed by atoms with Crippen LogP contribution in [0, 0.1) is 0 Å². The highest BCUT2D eigenvalue weighted by Gasteiger charge is 2.31. The third-order valence-electron chi connectivity index (χ3n) is 4.12. The highest BCUT2D eigenvalue weighted by atomic mass is 79.9. The minimum Gasteiger partial charge on any atom is -0.337 e. The van der Waals surface area contributed by atoms with Crippen molar-refractivity contribution in [2.24, 2.45) is 0 Å². The van der Waals surface area contributed by atoms with E-state index in [0.717, 1.165) is 42.3 Å². The Morgan fingerprint density at radius 2 is 2.13 bits per heavy atom. The van der Waals surface area contributed by atoms with Crippen LogP contribution in [0.2, 0.25) is 0 Å². The first-order valence-corrected chi connectivity index (χ1v) is 8.87. The molecule has 1 amide bonds. The van der Waals surface area contributed by atoms with Gasteiger partial charge in [0.25, 0.3) is 0 Å². The quantitative estimate of drug-likeness (QED) is 0.794. The summed E-state index contributed by atoms with van der Waals surface area (Å²) in [5, 5.41) is 4.09. The number of hydrogen-bond donors (Lipinski definition) is 0. The summed E-state index contributed by atoms with van der Waals surface area (Å²) in [5.41, 5.74) is 0.908. The summed E-state index contributed by atoms with van der Waals surface area (Å²) in [7, 11) is 0. The Morgan fingerprint density at radius 1 is 1.35 bits per heavy atom. The minimum atomic E-state index is -0.0838. The number of rotatable bonds is 4. The van der Waals surface area contributed by atoms with Crippen molar-refractivity contribution in [2.45, 2.75) is 45.1 Å². The highest BCUT2D eigenvalue weighted by Crippen LogP contribution is 2.31. The molecule has 1 aromatic carbocycles. The van der Waals surface area contributed by atoms with Gasteiger partial charge in [-0.25, -0.2) is 0 Å². The standard InChI is InChI=1S/C17H20BrN3O2/c1-2-5-15(22)21-11-4-3-6-14(21)17-19-16(20-23-17)12-7-9-13(18)10-8-12/h7-10,14H,2-6,11H2,1H3/t14-/m1/s1. The van der Waals surface area contributed by atoms with Crippen molar-refractivity contribution in [3.63, 3.8) is 0 Å². The van der Waals surface area contributed by atoms with Crippen molar-refractivity contribution >= 4 is 21.8 Å². The van der Waals surface area contributed by atoms with Gasteiger partial charge in [-0.3, -0.25) is 4.79 Å². The maximum Gasteiger partial charge on any atom is 0.249 e. The molecule has 23 heavy (non-hydrogen) atoms. The van der Waals surface area contributed by atoms with E-state index in [9.17, 15) is 4.79 Å². The van der Waals surface area contributed by atoms with E-state index in [1.807, 2.05) is 36.1 Å². The van der Waals surface area contributed by atoms with Crippen LogP contribution in [0.1, 0.15) is 51.0 Å². The number of carbonyl (C=O) groups is 1. The lowest BCUT2D eigenvalue weighted by molar-refractivity contribution is -0.135. The molecule has 6 heteroatoms. The average Bonchev–Trinajstić information content (AvgIpc) is 3.05. The monoisotopic (exact) mass is 377 g/mol. The molecule has 0 N–H and O–H groups in total. The molecule has 0 saturated carbocycles. The maximum atomic E-state index is 12.3. The maximum absolute atomic E-state index is 12.3. The lowest BCUT2D eigenvalue weighted by Gasteiger charge is -2.33. The summed E-state index contributed by atoms with van der Waals surface area (Å²) in [5.74, 6) is 1.30.